The zero-order valence-electron chi connectivity index (χ0n) is 15.1. The number of carbonyl (C=O) groups is 1. The highest BCUT2D eigenvalue weighted by Gasteiger charge is 2.16. The van der Waals surface area contributed by atoms with Crippen LogP contribution in [0.5, 0.6) is 0 Å². The number of fused-ring (bicyclic) bond motifs is 1. The first-order valence-electron chi connectivity index (χ1n) is 9.34. The van der Waals surface area contributed by atoms with Crippen LogP contribution in [0.2, 0.25) is 0 Å². The molecule has 1 fully saturated rings. The molecule has 3 aromatic rings. The Bertz CT molecular complexity index is 1020. The molecular formula is C22H22N2O3. The van der Waals surface area contributed by atoms with Crippen LogP contribution in [0.25, 0.3) is 17.2 Å². The van der Waals surface area contributed by atoms with Crippen molar-refractivity contribution in [2.24, 2.45) is 0 Å². The molecule has 1 aromatic heterocycles. The number of aromatic nitrogens is 1. The standard InChI is InChI=1S/C22H22N2O3/c25-20(12-9-17-7-3-1-4-8-17)18-10-11-19-21(15-18)27-22(26)24(19)16-23-13-5-2-6-14-23/h1,3-4,7-12,15H,2,5-6,13-14,16H2/b12-9+. The molecule has 2 heterocycles. The maximum absolute atomic E-state index is 12.4. The van der Waals surface area contributed by atoms with Gasteiger partial charge in [0.25, 0.3) is 0 Å². The van der Waals surface area contributed by atoms with E-state index >= 15 is 0 Å². The first-order valence-corrected chi connectivity index (χ1v) is 9.34. The first-order chi connectivity index (χ1) is 13.2. The monoisotopic (exact) mass is 362 g/mol. The Labute approximate surface area is 157 Å². The van der Waals surface area contributed by atoms with Crippen LogP contribution in [-0.4, -0.2) is 28.3 Å². The minimum atomic E-state index is -0.375. The predicted octanol–water partition coefficient (Wildman–Crippen LogP) is 3.93. The molecule has 1 aliphatic rings. The number of piperidine rings is 1. The van der Waals surface area contributed by atoms with Gasteiger partial charge in [-0.25, -0.2) is 4.79 Å². The van der Waals surface area contributed by atoms with Gasteiger partial charge >= 0.3 is 5.76 Å². The number of hydrogen-bond acceptors (Lipinski definition) is 4. The lowest BCUT2D eigenvalue weighted by atomic mass is 10.1. The molecule has 0 radical (unpaired) electrons. The van der Waals surface area contributed by atoms with Crippen molar-refractivity contribution in [2.75, 3.05) is 13.1 Å². The molecule has 2 aromatic carbocycles. The fourth-order valence-corrected chi connectivity index (χ4v) is 3.49. The maximum Gasteiger partial charge on any atom is 0.421 e. The van der Waals surface area contributed by atoms with Gasteiger partial charge in [-0.15, -0.1) is 0 Å². The van der Waals surface area contributed by atoms with Gasteiger partial charge in [0, 0.05) is 5.56 Å². The molecule has 0 saturated carbocycles. The van der Waals surface area contributed by atoms with Crippen LogP contribution in [0.4, 0.5) is 0 Å². The summed E-state index contributed by atoms with van der Waals surface area (Å²) < 4.78 is 7.05. The van der Waals surface area contributed by atoms with Crippen molar-refractivity contribution in [2.45, 2.75) is 25.9 Å². The summed E-state index contributed by atoms with van der Waals surface area (Å²) >= 11 is 0. The molecule has 0 atom stereocenters. The van der Waals surface area contributed by atoms with Gasteiger partial charge in [0.15, 0.2) is 11.4 Å². The molecule has 138 valence electrons. The molecule has 0 aliphatic carbocycles. The number of carbonyl (C=O) groups excluding carboxylic acids is 1. The number of ketones is 1. The quantitative estimate of drug-likeness (QED) is 0.510. The van der Waals surface area contributed by atoms with Crippen molar-refractivity contribution in [3.05, 3.63) is 76.3 Å². The Balaban J connectivity index is 1.56. The second-order valence-corrected chi connectivity index (χ2v) is 6.91. The molecule has 1 saturated heterocycles. The van der Waals surface area contributed by atoms with E-state index < -0.39 is 0 Å². The molecule has 0 amide bonds. The van der Waals surface area contributed by atoms with E-state index in [1.165, 1.54) is 6.42 Å². The largest absolute Gasteiger partial charge is 0.421 e. The van der Waals surface area contributed by atoms with E-state index in [4.69, 9.17) is 4.42 Å². The molecule has 5 nitrogen and oxygen atoms in total. The highest BCUT2D eigenvalue weighted by molar-refractivity contribution is 6.08. The highest BCUT2D eigenvalue weighted by atomic mass is 16.4. The third-order valence-electron chi connectivity index (χ3n) is 4.97. The van der Waals surface area contributed by atoms with Gasteiger partial charge in [-0.3, -0.25) is 14.3 Å². The van der Waals surface area contributed by atoms with E-state index in [-0.39, 0.29) is 11.5 Å². The molecule has 1 aliphatic heterocycles. The van der Waals surface area contributed by atoms with Crippen LogP contribution in [0.15, 0.2) is 63.8 Å². The van der Waals surface area contributed by atoms with Crippen LogP contribution in [0.3, 0.4) is 0 Å². The van der Waals surface area contributed by atoms with Crippen molar-refractivity contribution >= 4 is 23.0 Å². The lowest BCUT2D eigenvalue weighted by Crippen LogP contribution is -2.34. The van der Waals surface area contributed by atoms with Gasteiger partial charge in [0.05, 0.1) is 12.2 Å². The zero-order valence-corrected chi connectivity index (χ0v) is 15.1. The Morgan fingerprint density at radius 3 is 2.59 bits per heavy atom. The summed E-state index contributed by atoms with van der Waals surface area (Å²) in [6.45, 7) is 2.53. The topological polar surface area (TPSA) is 55.5 Å². The summed E-state index contributed by atoms with van der Waals surface area (Å²) in [4.78, 5) is 27.0. The van der Waals surface area contributed by atoms with Crippen molar-refractivity contribution in [3.8, 4) is 0 Å². The number of nitrogens with zero attached hydrogens (tertiary/aromatic N) is 2. The maximum atomic E-state index is 12.4. The van der Waals surface area contributed by atoms with Crippen LogP contribution in [0.1, 0.15) is 35.2 Å². The van der Waals surface area contributed by atoms with Gasteiger partial charge in [-0.2, -0.15) is 0 Å². The molecule has 0 N–H and O–H groups in total. The third-order valence-corrected chi connectivity index (χ3v) is 4.97. The third kappa shape index (κ3) is 3.93. The summed E-state index contributed by atoms with van der Waals surface area (Å²) in [5.41, 5.74) is 2.66. The fourth-order valence-electron chi connectivity index (χ4n) is 3.49. The summed E-state index contributed by atoms with van der Waals surface area (Å²) in [6, 6.07) is 14.9. The second kappa shape index (κ2) is 7.76. The minimum absolute atomic E-state index is 0.118. The van der Waals surface area contributed by atoms with Crippen LogP contribution < -0.4 is 5.76 Å². The van der Waals surface area contributed by atoms with Gasteiger partial charge in [0.2, 0.25) is 0 Å². The average molecular weight is 362 g/mol. The summed E-state index contributed by atoms with van der Waals surface area (Å²) in [6.07, 6.45) is 6.90. The van der Waals surface area contributed by atoms with Gasteiger partial charge in [0.1, 0.15) is 0 Å². The van der Waals surface area contributed by atoms with Crippen molar-refractivity contribution < 1.29 is 9.21 Å². The van der Waals surface area contributed by atoms with E-state index in [0.29, 0.717) is 17.8 Å². The van der Waals surface area contributed by atoms with E-state index in [0.717, 1.165) is 37.0 Å². The summed E-state index contributed by atoms with van der Waals surface area (Å²) in [7, 11) is 0. The zero-order chi connectivity index (χ0) is 18.6. The molecular weight excluding hydrogens is 340 g/mol. The number of oxazole rings is 1. The Kier molecular flexibility index (Phi) is 5.03. The summed E-state index contributed by atoms with van der Waals surface area (Å²) in [5, 5.41) is 0. The smallest absolute Gasteiger partial charge is 0.408 e. The SMILES string of the molecule is O=C(/C=C/c1ccccc1)c1ccc2c(c1)oc(=O)n2CN1CCCCC1. The lowest BCUT2D eigenvalue weighted by molar-refractivity contribution is 0.104. The molecule has 0 unspecified atom stereocenters. The first kappa shape index (κ1) is 17.5. The number of allylic oxidation sites excluding steroid dienone is 1. The normalized spacial score (nSPS) is 15.6. The van der Waals surface area contributed by atoms with Crippen LogP contribution in [-0.2, 0) is 6.67 Å². The van der Waals surface area contributed by atoms with E-state index in [2.05, 4.69) is 4.90 Å². The van der Waals surface area contributed by atoms with Crippen LogP contribution in [0, 0.1) is 0 Å². The van der Waals surface area contributed by atoms with E-state index in [1.54, 1.807) is 34.9 Å². The molecule has 27 heavy (non-hydrogen) atoms. The lowest BCUT2D eigenvalue weighted by Gasteiger charge is -2.26. The Morgan fingerprint density at radius 1 is 1.04 bits per heavy atom. The molecule has 0 spiro atoms. The fraction of sp³-hybridized carbons (Fsp3) is 0.273. The number of benzene rings is 2. The van der Waals surface area contributed by atoms with Crippen molar-refractivity contribution in [1.29, 1.82) is 0 Å². The number of likely N-dealkylation sites (tertiary alicyclic amines) is 1. The van der Waals surface area contributed by atoms with Gasteiger partial charge in [-0.05, 0) is 55.8 Å². The van der Waals surface area contributed by atoms with Crippen molar-refractivity contribution in [1.82, 2.24) is 9.47 Å². The van der Waals surface area contributed by atoms with Crippen molar-refractivity contribution in [3.63, 3.8) is 0 Å². The Hall–Kier alpha value is -2.92. The number of rotatable bonds is 5. The van der Waals surface area contributed by atoms with Crippen LogP contribution >= 0.6 is 0 Å². The van der Waals surface area contributed by atoms with E-state index in [9.17, 15) is 9.59 Å². The molecule has 5 heteroatoms. The predicted molar refractivity (Wildman–Crippen MR) is 106 cm³/mol. The average Bonchev–Trinajstić information content (AvgIpc) is 3.02. The number of hydrogen-bond donors (Lipinski definition) is 0. The van der Waals surface area contributed by atoms with Gasteiger partial charge in [-0.1, -0.05) is 42.8 Å². The minimum Gasteiger partial charge on any atom is -0.408 e. The Morgan fingerprint density at radius 2 is 1.81 bits per heavy atom. The second-order valence-electron chi connectivity index (χ2n) is 6.91. The highest BCUT2D eigenvalue weighted by Crippen LogP contribution is 2.18. The summed E-state index contributed by atoms with van der Waals surface area (Å²) in [5.74, 6) is -0.493. The van der Waals surface area contributed by atoms with Gasteiger partial charge < -0.3 is 4.42 Å². The molecule has 0 bridgehead atoms. The molecule has 4 rings (SSSR count). The van der Waals surface area contributed by atoms with E-state index in [1.807, 2.05) is 30.3 Å².